The lowest BCUT2D eigenvalue weighted by molar-refractivity contribution is -0.140. The molecule has 0 aromatic carbocycles. The molecule has 1 saturated carbocycles. The molecule has 0 spiro atoms. The maximum Gasteiger partial charge on any atom is 0.233 e. The molecule has 2 fully saturated rings. The second-order valence-electron chi connectivity index (χ2n) is 8.73. The maximum atomic E-state index is 12.6. The molecular weight excluding hydrogens is 262 g/mol. The van der Waals surface area contributed by atoms with E-state index in [9.17, 15) is 9.59 Å². The van der Waals surface area contributed by atoms with E-state index in [2.05, 4.69) is 34.6 Å². The van der Waals surface area contributed by atoms with Crippen molar-refractivity contribution in [1.82, 2.24) is 4.90 Å². The second kappa shape index (κ2) is 4.21. The predicted octanol–water partition coefficient (Wildman–Crippen LogP) is 3.40. The summed E-state index contributed by atoms with van der Waals surface area (Å²) in [5.41, 5.74) is 3.00. The molecule has 116 valence electrons. The van der Waals surface area contributed by atoms with Crippen molar-refractivity contribution in [2.24, 2.45) is 28.6 Å². The molecule has 0 radical (unpaired) electrons. The van der Waals surface area contributed by atoms with E-state index >= 15 is 0 Å². The molecule has 0 unspecified atom stereocenters. The highest BCUT2D eigenvalue weighted by atomic mass is 16.2. The van der Waals surface area contributed by atoms with E-state index in [1.165, 1.54) is 16.0 Å². The normalized spacial score (nSPS) is 39.3. The number of amides is 2. The van der Waals surface area contributed by atoms with Crippen LogP contribution in [0.25, 0.3) is 0 Å². The minimum Gasteiger partial charge on any atom is -0.285 e. The van der Waals surface area contributed by atoms with Crippen LogP contribution >= 0.6 is 0 Å². The molecule has 1 saturated heterocycles. The zero-order valence-corrected chi connectivity index (χ0v) is 14.1. The molecule has 2 amide bonds. The fraction of sp³-hybridized carbons (Fsp3) is 0.778. The minimum atomic E-state index is -0.116. The van der Waals surface area contributed by atoms with E-state index in [1.54, 1.807) is 7.05 Å². The third-order valence-electron chi connectivity index (χ3n) is 6.14. The summed E-state index contributed by atoms with van der Waals surface area (Å²) < 4.78 is 0. The zero-order valence-electron chi connectivity index (χ0n) is 14.1. The Morgan fingerprint density at radius 3 is 2.38 bits per heavy atom. The molecule has 2 aliphatic carbocycles. The van der Waals surface area contributed by atoms with Gasteiger partial charge in [-0.15, -0.1) is 0 Å². The van der Waals surface area contributed by atoms with Crippen LogP contribution in [-0.2, 0) is 9.59 Å². The van der Waals surface area contributed by atoms with Gasteiger partial charge in [0.2, 0.25) is 11.8 Å². The number of carbonyl (C=O) groups excluding carboxylic acids is 2. The van der Waals surface area contributed by atoms with Gasteiger partial charge < -0.3 is 0 Å². The predicted molar refractivity (Wildman–Crippen MR) is 82.4 cm³/mol. The fourth-order valence-corrected chi connectivity index (χ4v) is 5.11. The van der Waals surface area contributed by atoms with Crippen LogP contribution in [0.5, 0.6) is 0 Å². The Balaban J connectivity index is 2.01. The minimum absolute atomic E-state index is 0.0334. The molecule has 3 rings (SSSR count). The van der Waals surface area contributed by atoms with Gasteiger partial charge in [-0.3, -0.25) is 14.5 Å². The summed E-state index contributed by atoms with van der Waals surface area (Å²) in [4.78, 5) is 26.4. The van der Waals surface area contributed by atoms with Crippen LogP contribution < -0.4 is 0 Å². The number of hydrogen-bond acceptors (Lipinski definition) is 2. The summed E-state index contributed by atoms with van der Waals surface area (Å²) >= 11 is 0. The molecule has 21 heavy (non-hydrogen) atoms. The van der Waals surface area contributed by atoms with Gasteiger partial charge >= 0.3 is 0 Å². The summed E-state index contributed by atoms with van der Waals surface area (Å²) in [6.07, 6.45) is 3.02. The molecule has 3 heteroatoms. The number of nitrogens with zero attached hydrogens (tertiary/aromatic N) is 1. The zero-order chi connectivity index (χ0) is 15.7. The first kappa shape index (κ1) is 14.8. The highest BCUT2D eigenvalue weighted by Crippen LogP contribution is 2.66. The average Bonchev–Trinajstić information content (AvgIpc) is 2.56. The number of allylic oxidation sites excluding steroid dienone is 2. The maximum absolute atomic E-state index is 12.6. The largest absolute Gasteiger partial charge is 0.285 e. The first-order valence-electron chi connectivity index (χ1n) is 8.08. The Hall–Kier alpha value is -1.12. The van der Waals surface area contributed by atoms with Crippen molar-refractivity contribution >= 4 is 11.8 Å². The van der Waals surface area contributed by atoms with Crippen molar-refractivity contribution in [2.45, 2.75) is 53.9 Å². The molecule has 0 bridgehead atoms. The Bertz CT molecular complexity index is 554. The van der Waals surface area contributed by atoms with Crippen molar-refractivity contribution < 1.29 is 9.59 Å². The van der Waals surface area contributed by atoms with Gasteiger partial charge in [-0.25, -0.2) is 0 Å². The number of hydrogen-bond donors (Lipinski definition) is 0. The van der Waals surface area contributed by atoms with Gasteiger partial charge in [0.05, 0.1) is 11.8 Å². The van der Waals surface area contributed by atoms with Crippen molar-refractivity contribution in [1.29, 1.82) is 0 Å². The Kier molecular flexibility index (Phi) is 2.96. The summed E-state index contributed by atoms with van der Waals surface area (Å²) in [7, 11) is 1.65. The summed E-state index contributed by atoms with van der Waals surface area (Å²) in [6.45, 7) is 11.2. The van der Waals surface area contributed by atoms with E-state index in [4.69, 9.17) is 0 Å². The summed E-state index contributed by atoms with van der Waals surface area (Å²) in [5.74, 6) is 0.384. The van der Waals surface area contributed by atoms with Gasteiger partial charge in [-0.2, -0.15) is 0 Å². The monoisotopic (exact) mass is 289 g/mol. The van der Waals surface area contributed by atoms with Crippen LogP contribution in [0.4, 0.5) is 0 Å². The van der Waals surface area contributed by atoms with Crippen LogP contribution in [0, 0.1) is 28.6 Å². The van der Waals surface area contributed by atoms with Gasteiger partial charge in [-0.1, -0.05) is 38.8 Å². The lowest BCUT2D eigenvalue weighted by atomic mass is 9.44. The van der Waals surface area contributed by atoms with Gasteiger partial charge in [0.25, 0.3) is 0 Å². The SMILES string of the molecule is CC1=C2C[C@H](CC(C)(C)C)[C@@]2(C)[C@H]2C(=O)N(C)C(=O)[C@H]2C1. The number of fused-ring (bicyclic) bond motifs is 3. The highest BCUT2D eigenvalue weighted by molar-refractivity contribution is 6.06. The van der Waals surface area contributed by atoms with Crippen LogP contribution in [0.3, 0.4) is 0 Å². The molecule has 3 nitrogen and oxygen atoms in total. The lowest BCUT2D eigenvalue weighted by Crippen LogP contribution is -2.54. The van der Waals surface area contributed by atoms with E-state index in [-0.39, 0.29) is 34.5 Å². The summed E-state index contributed by atoms with van der Waals surface area (Å²) in [6, 6.07) is 0. The van der Waals surface area contributed by atoms with Crippen LogP contribution in [0.15, 0.2) is 11.1 Å². The Labute approximate surface area is 127 Å². The highest BCUT2D eigenvalue weighted by Gasteiger charge is 2.64. The van der Waals surface area contributed by atoms with E-state index < -0.39 is 0 Å². The van der Waals surface area contributed by atoms with Crippen molar-refractivity contribution in [3.05, 3.63) is 11.1 Å². The third kappa shape index (κ3) is 1.85. The van der Waals surface area contributed by atoms with Gasteiger partial charge in [-0.05, 0) is 37.5 Å². The fourth-order valence-electron chi connectivity index (χ4n) is 5.11. The average molecular weight is 289 g/mol. The first-order chi connectivity index (χ1) is 9.57. The topological polar surface area (TPSA) is 37.4 Å². The number of imide groups is 1. The molecule has 3 aliphatic rings. The first-order valence-corrected chi connectivity index (χ1v) is 8.08. The molecule has 1 aliphatic heterocycles. The number of rotatable bonds is 1. The molecular formula is C18H27NO2. The van der Waals surface area contributed by atoms with Crippen molar-refractivity contribution in [3.8, 4) is 0 Å². The molecule has 4 atom stereocenters. The molecule has 1 heterocycles. The van der Waals surface area contributed by atoms with Crippen molar-refractivity contribution in [3.63, 3.8) is 0 Å². The quantitative estimate of drug-likeness (QED) is 0.548. The summed E-state index contributed by atoms with van der Waals surface area (Å²) in [5, 5.41) is 0. The van der Waals surface area contributed by atoms with E-state index in [0.717, 1.165) is 19.3 Å². The Morgan fingerprint density at radius 2 is 1.81 bits per heavy atom. The van der Waals surface area contributed by atoms with Gasteiger partial charge in [0, 0.05) is 12.5 Å². The third-order valence-corrected chi connectivity index (χ3v) is 6.14. The number of likely N-dealkylation sites (tertiary alicyclic amines) is 1. The molecule has 0 N–H and O–H groups in total. The molecule has 0 aromatic heterocycles. The van der Waals surface area contributed by atoms with Crippen LogP contribution in [-0.4, -0.2) is 23.8 Å². The van der Waals surface area contributed by atoms with Gasteiger partial charge in [0.1, 0.15) is 0 Å². The van der Waals surface area contributed by atoms with Crippen LogP contribution in [0.2, 0.25) is 0 Å². The molecule has 0 aromatic rings. The van der Waals surface area contributed by atoms with Gasteiger partial charge in [0.15, 0.2) is 0 Å². The smallest absolute Gasteiger partial charge is 0.233 e. The Morgan fingerprint density at radius 1 is 1.19 bits per heavy atom. The number of carbonyl (C=O) groups is 2. The van der Waals surface area contributed by atoms with E-state index in [1.807, 2.05) is 0 Å². The lowest BCUT2D eigenvalue weighted by Gasteiger charge is -2.58. The second-order valence-corrected chi connectivity index (χ2v) is 8.73. The standard InChI is InChI=1S/C18H27NO2/c1-10-7-12-14(16(21)19(6)15(12)20)18(5)11(8-13(10)18)9-17(2,3)4/h11-12,14H,7-9H2,1-6H3/t11-,12+,14-,18-/m1/s1. The van der Waals surface area contributed by atoms with Crippen molar-refractivity contribution in [2.75, 3.05) is 7.05 Å². The van der Waals surface area contributed by atoms with Crippen LogP contribution in [0.1, 0.15) is 53.9 Å². The van der Waals surface area contributed by atoms with E-state index in [0.29, 0.717) is 5.92 Å².